The monoisotopic (exact) mass is 286 g/mol. The number of hydrogen-bond acceptors (Lipinski definition) is 2. The largest absolute Gasteiger partial charge is 0.303 e. The van der Waals surface area contributed by atoms with Crippen LogP contribution in [0, 0.1) is 0 Å². The van der Waals surface area contributed by atoms with Gasteiger partial charge in [-0.3, -0.25) is 0 Å². The van der Waals surface area contributed by atoms with Gasteiger partial charge in [-0.05, 0) is 77.8 Å². The smallest absolute Gasteiger partial charge is 0.00187 e. The highest BCUT2D eigenvalue weighted by Gasteiger charge is 2.07. The van der Waals surface area contributed by atoms with Crippen LogP contribution >= 0.6 is 0 Å². The van der Waals surface area contributed by atoms with Crippen LogP contribution in [0.2, 0.25) is 0 Å². The van der Waals surface area contributed by atoms with E-state index in [9.17, 15) is 0 Å². The van der Waals surface area contributed by atoms with Crippen molar-refractivity contribution in [3.63, 3.8) is 0 Å². The number of likely N-dealkylation sites (tertiary alicyclic amines) is 2. The van der Waals surface area contributed by atoms with E-state index < -0.39 is 0 Å². The second-order valence-electron chi connectivity index (χ2n) is 5.80. The van der Waals surface area contributed by atoms with Crippen LogP contribution in [0.1, 0.15) is 80.1 Å². The molecule has 0 N–H and O–H groups in total. The Morgan fingerprint density at radius 1 is 0.550 bits per heavy atom. The summed E-state index contributed by atoms with van der Waals surface area (Å²) in [7, 11) is 0. The molecule has 0 aromatic rings. The molecule has 0 bridgehead atoms. The molecule has 0 atom stereocenters. The minimum absolute atomic E-state index is 0. The molecule has 0 aliphatic carbocycles. The lowest BCUT2D eigenvalue weighted by Crippen LogP contribution is -2.30. The lowest BCUT2D eigenvalue weighted by molar-refractivity contribution is 0.229. The van der Waals surface area contributed by atoms with E-state index >= 15 is 0 Å². The van der Waals surface area contributed by atoms with Crippen LogP contribution in [-0.4, -0.2) is 49.1 Å². The summed E-state index contributed by atoms with van der Waals surface area (Å²) in [5, 5.41) is 0. The predicted molar refractivity (Wildman–Crippen MR) is 94.6 cm³/mol. The number of rotatable bonds is 4. The fourth-order valence-electron chi connectivity index (χ4n) is 3.00. The first-order valence-corrected chi connectivity index (χ1v) is 8.31. The molecule has 2 heteroatoms. The van der Waals surface area contributed by atoms with Gasteiger partial charge in [-0.2, -0.15) is 0 Å². The summed E-state index contributed by atoms with van der Waals surface area (Å²) in [6, 6.07) is 0. The van der Waals surface area contributed by atoms with E-state index in [4.69, 9.17) is 0 Å². The van der Waals surface area contributed by atoms with Crippen molar-refractivity contribution in [2.45, 2.75) is 80.1 Å². The van der Waals surface area contributed by atoms with Crippen molar-refractivity contribution in [3.8, 4) is 0 Å². The molecule has 2 saturated heterocycles. The SMILES string of the molecule is C.C.CCCN1CCCCC1.CCCN1CCCCC1. The second kappa shape index (κ2) is 15.3. The van der Waals surface area contributed by atoms with Crippen LogP contribution < -0.4 is 0 Å². The zero-order valence-corrected chi connectivity index (χ0v) is 12.8. The molecule has 0 amide bonds. The van der Waals surface area contributed by atoms with Crippen LogP contribution in [0.15, 0.2) is 0 Å². The molecule has 2 rings (SSSR count). The molecule has 124 valence electrons. The van der Waals surface area contributed by atoms with Crippen LogP contribution in [0.5, 0.6) is 0 Å². The molecule has 0 aromatic carbocycles. The Hall–Kier alpha value is -0.0800. The number of hydrogen-bond donors (Lipinski definition) is 0. The van der Waals surface area contributed by atoms with E-state index in [-0.39, 0.29) is 14.9 Å². The predicted octanol–water partition coefficient (Wildman–Crippen LogP) is 5.04. The van der Waals surface area contributed by atoms with Crippen molar-refractivity contribution in [2.24, 2.45) is 0 Å². The zero-order valence-electron chi connectivity index (χ0n) is 12.8. The Morgan fingerprint density at radius 3 is 1.10 bits per heavy atom. The van der Waals surface area contributed by atoms with E-state index in [1.54, 1.807) is 0 Å². The first-order chi connectivity index (χ1) is 8.86. The molecule has 0 spiro atoms. The first-order valence-electron chi connectivity index (χ1n) is 8.31. The molecule has 2 nitrogen and oxygen atoms in total. The van der Waals surface area contributed by atoms with Crippen LogP contribution in [-0.2, 0) is 0 Å². The lowest BCUT2D eigenvalue weighted by Gasteiger charge is -2.25. The molecular formula is C18H42N2. The van der Waals surface area contributed by atoms with Gasteiger partial charge in [-0.1, -0.05) is 41.5 Å². The molecule has 2 aliphatic rings. The van der Waals surface area contributed by atoms with Crippen molar-refractivity contribution in [3.05, 3.63) is 0 Å². The molecule has 0 aromatic heterocycles. The van der Waals surface area contributed by atoms with Crippen LogP contribution in [0.25, 0.3) is 0 Å². The minimum atomic E-state index is 0. The van der Waals surface area contributed by atoms with Gasteiger partial charge in [0.1, 0.15) is 0 Å². The van der Waals surface area contributed by atoms with Gasteiger partial charge in [-0.15, -0.1) is 0 Å². The molecule has 0 radical (unpaired) electrons. The van der Waals surface area contributed by atoms with Gasteiger partial charge >= 0.3 is 0 Å². The van der Waals surface area contributed by atoms with Gasteiger partial charge in [0.2, 0.25) is 0 Å². The molecule has 0 unspecified atom stereocenters. The highest BCUT2D eigenvalue weighted by Crippen LogP contribution is 2.08. The maximum atomic E-state index is 2.57. The third-order valence-corrected chi connectivity index (χ3v) is 3.98. The van der Waals surface area contributed by atoms with Crippen LogP contribution in [0.4, 0.5) is 0 Å². The van der Waals surface area contributed by atoms with E-state index in [0.717, 1.165) is 0 Å². The Balaban J connectivity index is 0. The van der Waals surface area contributed by atoms with Gasteiger partial charge in [0, 0.05) is 0 Å². The molecule has 20 heavy (non-hydrogen) atoms. The Labute approximate surface area is 129 Å². The Bertz CT molecular complexity index is 145. The normalized spacial score (nSPS) is 20.1. The van der Waals surface area contributed by atoms with Crippen LogP contribution in [0.3, 0.4) is 0 Å². The summed E-state index contributed by atoms with van der Waals surface area (Å²) < 4.78 is 0. The third kappa shape index (κ3) is 10.7. The van der Waals surface area contributed by atoms with Gasteiger partial charge in [0.15, 0.2) is 0 Å². The third-order valence-electron chi connectivity index (χ3n) is 3.98. The standard InChI is InChI=1S/2C8H17N.2CH4/c2*1-2-6-9-7-4-3-5-8-9;;/h2*2-8H2,1H3;2*1H4. The highest BCUT2D eigenvalue weighted by molar-refractivity contribution is 4.63. The summed E-state index contributed by atoms with van der Waals surface area (Å²) in [5.41, 5.74) is 0. The minimum Gasteiger partial charge on any atom is -0.303 e. The van der Waals surface area contributed by atoms with E-state index in [1.807, 2.05) is 0 Å². The molecule has 2 heterocycles. The maximum absolute atomic E-state index is 2.57. The quantitative estimate of drug-likeness (QED) is 0.714. The maximum Gasteiger partial charge on any atom is -0.00187 e. The van der Waals surface area contributed by atoms with Crippen molar-refractivity contribution < 1.29 is 0 Å². The average molecular weight is 287 g/mol. The van der Waals surface area contributed by atoms with Crippen molar-refractivity contribution in [1.29, 1.82) is 0 Å². The second-order valence-corrected chi connectivity index (χ2v) is 5.80. The van der Waals surface area contributed by atoms with Crippen molar-refractivity contribution >= 4 is 0 Å². The first kappa shape index (κ1) is 22.2. The van der Waals surface area contributed by atoms with Crippen molar-refractivity contribution in [1.82, 2.24) is 9.80 Å². The van der Waals surface area contributed by atoms with Gasteiger partial charge < -0.3 is 9.80 Å². The molecule has 2 fully saturated rings. The van der Waals surface area contributed by atoms with E-state index in [1.165, 1.54) is 90.6 Å². The summed E-state index contributed by atoms with van der Waals surface area (Å²) in [5.74, 6) is 0. The summed E-state index contributed by atoms with van der Waals surface area (Å²) in [6.07, 6.45) is 11.3. The zero-order chi connectivity index (χ0) is 13.1. The average Bonchev–Trinajstić information content (AvgIpc) is 2.43. The van der Waals surface area contributed by atoms with Crippen molar-refractivity contribution in [2.75, 3.05) is 39.3 Å². The lowest BCUT2D eigenvalue weighted by atomic mass is 10.1. The fraction of sp³-hybridized carbons (Fsp3) is 1.00. The van der Waals surface area contributed by atoms with E-state index in [2.05, 4.69) is 23.6 Å². The summed E-state index contributed by atoms with van der Waals surface area (Å²) in [4.78, 5) is 5.15. The summed E-state index contributed by atoms with van der Waals surface area (Å²) in [6.45, 7) is 12.6. The Morgan fingerprint density at radius 2 is 0.850 bits per heavy atom. The highest BCUT2D eigenvalue weighted by atomic mass is 15.1. The fourth-order valence-corrected chi connectivity index (χ4v) is 3.00. The Kier molecular flexibility index (Phi) is 17.0. The molecule has 0 saturated carbocycles. The molecular weight excluding hydrogens is 244 g/mol. The summed E-state index contributed by atoms with van der Waals surface area (Å²) >= 11 is 0. The van der Waals surface area contributed by atoms with Gasteiger partial charge in [0.05, 0.1) is 0 Å². The van der Waals surface area contributed by atoms with E-state index in [0.29, 0.717) is 0 Å². The van der Waals surface area contributed by atoms with Gasteiger partial charge in [0.25, 0.3) is 0 Å². The topological polar surface area (TPSA) is 6.48 Å². The molecule has 2 aliphatic heterocycles. The number of nitrogens with zero attached hydrogens (tertiary/aromatic N) is 2. The number of piperidine rings is 2. The van der Waals surface area contributed by atoms with Gasteiger partial charge in [-0.25, -0.2) is 0 Å².